The van der Waals surface area contributed by atoms with Crippen molar-refractivity contribution < 1.29 is 24.2 Å². The van der Waals surface area contributed by atoms with Crippen LogP contribution < -0.4 is 10.6 Å². The predicted octanol–water partition coefficient (Wildman–Crippen LogP) is 3.48. The molecule has 9 heteroatoms. The summed E-state index contributed by atoms with van der Waals surface area (Å²) in [6, 6.07) is 9.26. The van der Waals surface area contributed by atoms with Crippen molar-refractivity contribution >= 4 is 39.6 Å². The molecule has 0 heterocycles. The second-order valence-corrected chi connectivity index (χ2v) is 10.1. The van der Waals surface area contributed by atoms with E-state index < -0.39 is 17.7 Å². The largest absolute Gasteiger partial charge is 0.481 e. The summed E-state index contributed by atoms with van der Waals surface area (Å²) in [5, 5.41) is 14.2. The third kappa shape index (κ3) is 13.9. The molecular weight excluding hydrogens is 412 g/mol. The number of hydrogen-bond donors (Lipinski definition) is 3. The number of alkyl carbamates (subject to hydrolysis) is 1. The zero-order valence-corrected chi connectivity index (χ0v) is 18.7. The molecular formula is C20H30N2O5S2. The van der Waals surface area contributed by atoms with E-state index in [1.807, 2.05) is 30.3 Å². The quantitative estimate of drug-likeness (QED) is 0.336. The van der Waals surface area contributed by atoms with Crippen LogP contribution in [0, 0.1) is 0 Å². The van der Waals surface area contributed by atoms with E-state index in [2.05, 4.69) is 10.6 Å². The molecule has 3 N–H and O–H groups in total. The minimum Gasteiger partial charge on any atom is -0.481 e. The summed E-state index contributed by atoms with van der Waals surface area (Å²) in [6.45, 7) is 5.85. The first-order valence-corrected chi connectivity index (χ1v) is 11.9. The van der Waals surface area contributed by atoms with E-state index in [0.717, 1.165) is 5.56 Å². The highest BCUT2D eigenvalue weighted by Gasteiger charge is 2.21. The average Bonchev–Trinajstić information content (AvgIpc) is 2.59. The van der Waals surface area contributed by atoms with Gasteiger partial charge in [-0.3, -0.25) is 9.59 Å². The van der Waals surface area contributed by atoms with E-state index in [1.54, 1.807) is 20.8 Å². The molecule has 0 aliphatic carbocycles. The van der Waals surface area contributed by atoms with Gasteiger partial charge in [0.25, 0.3) is 0 Å². The third-order valence-corrected chi connectivity index (χ3v) is 5.88. The Balaban J connectivity index is 2.45. The molecule has 0 bridgehead atoms. The number of rotatable bonds is 12. The lowest BCUT2D eigenvalue weighted by atomic mass is 10.0. The number of carbonyl (C=O) groups is 3. The average molecular weight is 443 g/mol. The zero-order chi connectivity index (χ0) is 21.7. The first-order valence-electron chi connectivity index (χ1n) is 9.42. The Morgan fingerprint density at radius 3 is 2.38 bits per heavy atom. The lowest BCUT2D eigenvalue weighted by Gasteiger charge is -2.23. The maximum Gasteiger partial charge on any atom is 0.407 e. The highest BCUT2D eigenvalue weighted by atomic mass is 33.1. The Kier molecular flexibility index (Phi) is 11.6. The number of carbonyl (C=O) groups excluding carboxylic acids is 2. The molecule has 0 saturated carbocycles. The molecule has 0 spiro atoms. The highest BCUT2D eigenvalue weighted by Crippen LogP contribution is 2.21. The van der Waals surface area contributed by atoms with Crippen molar-refractivity contribution in [3.63, 3.8) is 0 Å². The van der Waals surface area contributed by atoms with Gasteiger partial charge in [-0.05, 0) is 32.8 Å². The van der Waals surface area contributed by atoms with Crippen LogP contribution >= 0.6 is 21.6 Å². The van der Waals surface area contributed by atoms with Crippen LogP contribution in [0.5, 0.6) is 0 Å². The maximum atomic E-state index is 12.3. The minimum absolute atomic E-state index is 0.127. The van der Waals surface area contributed by atoms with Crippen LogP contribution in [-0.2, 0) is 20.7 Å². The molecule has 29 heavy (non-hydrogen) atoms. The summed E-state index contributed by atoms with van der Waals surface area (Å²) in [5.74, 6) is 0.248. The van der Waals surface area contributed by atoms with Crippen molar-refractivity contribution in [2.24, 2.45) is 0 Å². The molecule has 1 aromatic carbocycles. The summed E-state index contributed by atoms with van der Waals surface area (Å²) in [5.41, 5.74) is 0.408. The van der Waals surface area contributed by atoms with E-state index in [1.165, 1.54) is 21.6 Å². The molecule has 0 fully saturated rings. The topological polar surface area (TPSA) is 105 Å². The molecule has 0 unspecified atom stereocenters. The fourth-order valence-corrected chi connectivity index (χ4v) is 4.21. The predicted molar refractivity (Wildman–Crippen MR) is 118 cm³/mol. The molecule has 1 atom stereocenters. The van der Waals surface area contributed by atoms with E-state index in [9.17, 15) is 14.4 Å². The van der Waals surface area contributed by atoms with E-state index in [4.69, 9.17) is 9.84 Å². The van der Waals surface area contributed by atoms with Crippen molar-refractivity contribution in [3.05, 3.63) is 35.9 Å². The lowest BCUT2D eigenvalue weighted by molar-refractivity contribution is -0.136. The number of ether oxygens (including phenoxy) is 1. The van der Waals surface area contributed by atoms with Gasteiger partial charge >= 0.3 is 12.1 Å². The number of amides is 2. The Morgan fingerprint density at radius 1 is 1.10 bits per heavy atom. The standard InChI is InChI=1S/C20H30N2O5S2/c1-20(2,3)27-19(26)22-16(13-15-7-5-4-6-8-15)14-17(23)21-10-12-29-28-11-9-18(24)25/h4-8,16H,9-14H2,1-3H3,(H,21,23)(H,22,26)(H,24,25)/t16-/m0/s1. The van der Waals surface area contributed by atoms with Gasteiger partial charge in [-0.1, -0.05) is 51.9 Å². The molecule has 0 aromatic heterocycles. The smallest absolute Gasteiger partial charge is 0.407 e. The van der Waals surface area contributed by atoms with Crippen LogP contribution in [-0.4, -0.2) is 52.8 Å². The van der Waals surface area contributed by atoms with Gasteiger partial charge in [0.1, 0.15) is 5.60 Å². The summed E-state index contributed by atoms with van der Waals surface area (Å²) in [7, 11) is 3.00. The molecule has 2 amide bonds. The fraction of sp³-hybridized carbons (Fsp3) is 0.550. The van der Waals surface area contributed by atoms with Gasteiger partial charge in [0.15, 0.2) is 0 Å². The Bertz CT molecular complexity index is 650. The molecule has 0 saturated heterocycles. The number of carboxylic acid groups (broad SMARTS) is 1. The number of carboxylic acids is 1. The monoisotopic (exact) mass is 442 g/mol. The maximum absolute atomic E-state index is 12.3. The second kappa shape index (κ2) is 13.4. The normalized spacial score (nSPS) is 12.1. The Hall–Kier alpha value is -1.87. The molecule has 1 aromatic rings. The summed E-state index contributed by atoms with van der Waals surface area (Å²) < 4.78 is 5.31. The summed E-state index contributed by atoms with van der Waals surface area (Å²) >= 11 is 0. The van der Waals surface area contributed by atoms with Crippen molar-refractivity contribution in [3.8, 4) is 0 Å². The Labute approximate surface area is 180 Å². The van der Waals surface area contributed by atoms with Crippen LogP contribution in [0.4, 0.5) is 4.79 Å². The zero-order valence-electron chi connectivity index (χ0n) is 17.1. The lowest BCUT2D eigenvalue weighted by Crippen LogP contribution is -2.43. The van der Waals surface area contributed by atoms with Crippen molar-refractivity contribution in [2.45, 2.75) is 51.7 Å². The van der Waals surface area contributed by atoms with Gasteiger partial charge in [-0.2, -0.15) is 0 Å². The van der Waals surface area contributed by atoms with Crippen LogP contribution in [0.1, 0.15) is 39.2 Å². The molecule has 1 rings (SSSR count). The SMILES string of the molecule is CC(C)(C)OC(=O)N[C@H](CC(=O)NCCSSCCC(=O)O)Cc1ccccc1. The first kappa shape index (κ1) is 25.2. The molecule has 162 valence electrons. The molecule has 0 radical (unpaired) electrons. The summed E-state index contributed by atoms with van der Waals surface area (Å²) in [4.78, 5) is 34.9. The number of aliphatic carboxylic acids is 1. The van der Waals surface area contributed by atoms with E-state index >= 15 is 0 Å². The van der Waals surface area contributed by atoms with Crippen molar-refractivity contribution in [1.29, 1.82) is 0 Å². The first-order chi connectivity index (χ1) is 13.7. The highest BCUT2D eigenvalue weighted by molar-refractivity contribution is 8.76. The van der Waals surface area contributed by atoms with Gasteiger partial charge in [0, 0.05) is 30.5 Å². The van der Waals surface area contributed by atoms with Crippen molar-refractivity contribution in [1.82, 2.24) is 10.6 Å². The number of nitrogens with one attached hydrogen (secondary N) is 2. The molecule has 0 aliphatic rings. The number of hydrogen-bond acceptors (Lipinski definition) is 6. The Morgan fingerprint density at radius 2 is 1.76 bits per heavy atom. The molecule has 0 aliphatic heterocycles. The summed E-state index contributed by atoms with van der Waals surface area (Å²) in [6.07, 6.45) is 0.247. The van der Waals surface area contributed by atoms with Crippen LogP contribution in [0.3, 0.4) is 0 Å². The van der Waals surface area contributed by atoms with Crippen LogP contribution in [0.25, 0.3) is 0 Å². The van der Waals surface area contributed by atoms with Crippen LogP contribution in [0.2, 0.25) is 0 Å². The van der Waals surface area contributed by atoms with E-state index in [-0.39, 0.29) is 24.8 Å². The molecule has 7 nitrogen and oxygen atoms in total. The van der Waals surface area contributed by atoms with Gasteiger partial charge in [-0.15, -0.1) is 0 Å². The third-order valence-electron chi connectivity index (χ3n) is 3.47. The van der Waals surface area contributed by atoms with Crippen LogP contribution in [0.15, 0.2) is 30.3 Å². The van der Waals surface area contributed by atoms with E-state index in [0.29, 0.717) is 24.5 Å². The number of benzene rings is 1. The van der Waals surface area contributed by atoms with Gasteiger partial charge in [-0.25, -0.2) is 4.79 Å². The van der Waals surface area contributed by atoms with Gasteiger partial charge in [0.2, 0.25) is 5.91 Å². The fourth-order valence-electron chi connectivity index (χ4n) is 2.32. The second-order valence-electron chi connectivity index (χ2n) is 7.37. The van der Waals surface area contributed by atoms with Gasteiger partial charge < -0.3 is 20.5 Å². The van der Waals surface area contributed by atoms with Crippen molar-refractivity contribution in [2.75, 3.05) is 18.1 Å². The minimum atomic E-state index is -0.812. The van der Waals surface area contributed by atoms with Gasteiger partial charge in [0.05, 0.1) is 6.42 Å².